The number of likely N-dealkylation sites (N-methyl/N-ethyl adjacent to an activating group) is 1. The molecule has 18 heavy (non-hydrogen) atoms. The van der Waals surface area contributed by atoms with Crippen LogP contribution in [-0.4, -0.2) is 43.3 Å². The molecule has 0 aliphatic rings. The first-order valence-corrected chi connectivity index (χ1v) is 6.27. The Kier molecular flexibility index (Phi) is 4.04. The van der Waals surface area contributed by atoms with Crippen LogP contribution in [0, 0.1) is 0 Å². The van der Waals surface area contributed by atoms with Crippen LogP contribution in [0.1, 0.15) is 10.4 Å². The number of carbonyl (C=O) groups is 2. The van der Waals surface area contributed by atoms with Gasteiger partial charge in [-0.2, -0.15) is 4.31 Å². The second-order valence-electron chi connectivity index (χ2n) is 3.56. The fourth-order valence-electron chi connectivity index (χ4n) is 1.25. The lowest BCUT2D eigenvalue weighted by molar-refractivity contribution is -0.118. The first-order chi connectivity index (χ1) is 8.25. The summed E-state index contributed by atoms with van der Waals surface area (Å²) in [5.74, 6) is -1.92. The van der Waals surface area contributed by atoms with Crippen molar-refractivity contribution < 1.29 is 23.1 Å². The lowest BCUT2D eigenvalue weighted by Crippen LogP contribution is -2.35. The van der Waals surface area contributed by atoms with Crippen molar-refractivity contribution >= 4 is 21.9 Å². The molecule has 1 rings (SSSR count). The van der Waals surface area contributed by atoms with E-state index in [9.17, 15) is 18.0 Å². The second kappa shape index (κ2) is 5.15. The summed E-state index contributed by atoms with van der Waals surface area (Å²) >= 11 is 0. The van der Waals surface area contributed by atoms with Crippen molar-refractivity contribution in [1.82, 2.24) is 4.31 Å². The molecule has 0 saturated carbocycles. The standard InChI is InChI=1S/C10H12N2O5S/c1-12(6-9(11)13)18(16,17)8-4-2-7(3-5-8)10(14)15/h2-5H,6H2,1H3,(H2,11,13)(H,14,15). The zero-order valence-corrected chi connectivity index (χ0v) is 10.3. The van der Waals surface area contributed by atoms with E-state index in [4.69, 9.17) is 10.8 Å². The quantitative estimate of drug-likeness (QED) is 0.748. The minimum atomic E-state index is -3.84. The first kappa shape index (κ1) is 14.1. The first-order valence-electron chi connectivity index (χ1n) is 4.83. The Bertz CT molecular complexity index is 564. The molecule has 98 valence electrons. The van der Waals surface area contributed by atoms with Crippen LogP contribution in [0.15, 0.2) is 29.2 Å². The van der Waals surface area contributed by atoms with E-state index in [1.165, 1.54) is 19.2 Å². The van der Waals surface area contributed by atoms with Crippen LogP contribution in [0.5, 0.6) is 0 Å². The molecule has 0 aliphatic heterocycles. The monoisotopic (exact) mass is 272 g/mol. The van der Waals surface area contributed by atoms with E-state index in [0.717, 1.165) is 16.4 Å². The zero-order chi connectivity index (χ0) is 13.9. The summed E-state index contributed by atoms with van der Waals surface area (Å²) in [7, 11) is -2.62. The zero-order valence-electron chi connectivity index (χ0n) is 9.53. The number of hydrogen-bond donors (Lipinski definition) is 2. The number of amides is 1. The number of hydrogen-bond acceptors (Lipinski definition) is 4. The molecule has 0 aromatic heterocycles. The van der Waals surface area contributed by atoms with Gasteiger partial charge in [-0.15, -0.1) is 0 Å². The summed E-state index contributed by atoms with van der Waals surface area (Å²) in [5, 5.41) is 8.69. The van der Waals surface area contributed by atoms with Gasteiger partial charge in [0.1, 0.15) is 0 Å². The number of carboxylic acids is 1. The molecule has 0 fully saturated rings. The van der Waals surface area contributed by atoms with E-state index in [1.54, 1.807) is 0 Å². The highest BCUT2D eigenvalue weighted by molar-refractivity contribution is 7.89. The van der Waals surface area contributed by atoms with Gasteiger partial charge in [0.2, 0.25) is 15.9 Å². The minimum absolute atomic E-state index is 0.0218. The van der Waals surface area contributed by atoms with Gasteiger partial charge in [-0.05, 0) is 24.3 Å². The Morgan fingerprint density at radius 2 is 1.78 bits per heavy atom. The van der Waals surface area contributed by atoms with Gasteiger partial charge in [0.25, 0.3) is 0 Å². The van der Waals surface area contributed by atoms with E-state index in [2.05, 4.69) is 0 Å². The number of primary amides is 1. The molecule has 0 aliphatic carbocycles. The number of nitrogens with zero attached hydrogens (tertiary/aromatic N) is 1. The molecule has 7 nitrogen and oxygen atoms in total. The van der Waals surface area contributed by atoms with Gasteiger partial charge >= 0.3 is 5.97 Å². The van der Waals surface area contributed by atoms with Crippen molar-refractivity contribution in [3.05, 3.63) is 29.8 Å². The maximum absolute atomic E-state index is 11.9. The maximum atomic E-state index is 11.9. The van der Waals surface area contributed by atoms with Gasteiger partial charge in [-0.25, -0.2) is 13.2 Å². The summed E-state index contributed by atoms with van der Waals surface area (Å²) in [6.07, 6.45) is 0. The maximum Gasteiger partial charge on any atom is 0.335 e. The Hall–Kier alpha value is -1.93. The van der Waals surface area contributed by atoms with Gasteiger partial charge < -0.3 is 10.8 Å². The van der Waals surface area contributed by atoms with E-state index in [0.29, 0.717) is 0 Å². The molecule has 0 heterocycles. The Balaban J connectivity index is 3.05. The number of carboxylic acid groups (broad SMARTS) is 1. The van der Waals surface area contributed by atoms with Crippen LogP contribution in [0.3, 0.4) is 0 Å². The van der Waals surface area contributed by atoms with Crippen molar-refractivity contribution in [2.24, 2.45) is 5.73 Å². The fraction of sp³-hybridized carbons (Fsp3) is 0.200. The SMILES string of the molecule is CN(CC(N)=O)S(=O)(=O)c1ccc(C(=O)O)cc1. The van der Waals surface area contributed by atoms with E-state index in [-0.39, 0.29) is 10.5 Å². The molecule has 0 atom stereocenters. The van der Waals surface area contributed by atoms with Crippen LogP contribution >= 0.6 is 0 Å². The normalized spacial score (nSPS) is 11.4. The molecule has 0 spiro atoms. The van der Waals surface area contributed by atoms with Gasteiger partial charge in [-0.3, -0.25) is 4.79 Å². The van der Waals surface area contributed by atoms with Crippen LogP contribution in [0.4, 0.5) is 0 Å². The largest absolute Gasteiger partial charge is 0.478 e. The van der Waals surface area contributed by atoms with Crippen molar-refractivity contribution in [3.8, 4) is 0 Å². The smallest absolute Gasteiger partial charge is 0.335 e. The predicted molar refractivity (Wildman–Crippen MR) is 62.4 cm³/mol. The molecular formula is C10H12N2O5S. The molecule has 1 aromatic carbocycles. The van der Waals surface area contributed by atoms with E-state index >= 15 is 0 Å². The molecule has 3 N–H and O–H groups in total. The summed E-state index contributed by atoms with van der Waals surface area (Å²) < 4.78 is 24.6. The lowest BCUT2D eigenvalue weighted by atomic mass is 10.2. The number of aromatic carboxylic acids is 1. The van der Waals surface area contributed by atoms with Crippen LogP contribution in [-0.2, 0) is 14.8 Å². The summed E-state index contributed by atoms with van der Waals surface area (Å²) in [6, 6.07) is 4.67. The summed E-state index contributed by atoms with van der Waals surface area (Å²) in [5.41, 5.74) is 4.89. The summed E-state index contributed by atoms with van der Waals surface area (Å²) in [4.78, 5) is 21.2. The number of sulfonamides is 1. The van der Waals surface area contributed by atoms with Crippen molar-refractivity contribution in [2.75, 3.05) is 13.6 Å². The minimum Gasteiger partial charge on any atom is -0.478 e. The highest BCUT2D eigenvalue weighted by Crippen LogP contribution is 2.14. The number of rotatable bonds is 5. The second-order valence-corrected chi connectivity index (χ2v) is 5.60. The number of carbonyl (C=O) groups excluding carboxylic acids is 1. The molecule has 0 unspecified atom stereocenters. The molecular weight excluding hydrogens is 260 g/mol. The fourth-order valence-corrected chi connectivity index (χ4v) is 2.39. The third-order valence-corrected chi connectivity index (χ3v) is 4.01. The average Bonchev–Trinajstić information content (AvgIpc) is 2.28. The molecule has 0 radical (unpaired) electrons. The van der Waals surface area contributed by atoms with Crippen molar-refractivity contribution in [1.29, 1.82) is 0 Å². The lowest BCUT2D eigenvalue weighted by Gasteiger charge is -2.15. The molecule has 0 saturated heterocycles. The van der Waals surface area contributed by atoms with Crippen LogP contribution in [0.2, 0.25) is 0 Å². The molecule has 1 amide bonds. The Morgan fingerprint density at radius 3 is 2.17 bits per heavy atom. The number of benzene rings is 1. The highest BCUT2D eigenvalue weighted by Gasteiger charge is 2.22. The topological polar surface area (TPSA) is 118 Å². The highest BCUT2D eigenvalue weighted by atomic mass is 32.2. The third kappa shape index (κ3) is 3.05. The third-order valence-electron chi connectivity index (χ3n) is 2.19. The predicted octanol–water partition coefficient (Wildman–Crippen LogP) is -0.509. The Morgan fingerprint density at radius 1 is 1.28 bits per heavy atom. The van der Waals surface area contributed by atoms with Gasteiger partial charge in [0.15, 0.2) is 0 Å². The summed E-state index contributed by atoms with van der Waals surface area (Å²) in [6.45, 7) is -0.441. The van der Waals surface area contributed by atoms with E-state index < -0.39 is 28.4 Å². The van der Waals surface area contributed by atoms with Crippen LogP contribution < -0.4 is 5.73 Å². The Labute approximate surface area is 104 Å². The van der Waals surface area contributed by atoms with Crippen molar-refractivity contribution in [2.45, 2.75) is 4.90 Å². The van der Waals surface area contributed by atoms with Gasteiger partial charge in [-0.1, -0.05) is 0 Å². The molecule has 1 aromatic rings. The van der Waals surface area contributed by atoms with E-state index in [1.807, 2.05) is 0 Å². The molecule has 8 heteroatoms. The van der Waals surface area contributed by atoms with Gasteiger partial charge in [0.05, 0.1) is 17.0 Å². The van der Waals surface area contributed by atoms with Gasteiger partial charge in [0, 0.05) is 7.05 Å². The molecule has 0 bridgehead atoms. The number of nitrogens with two attached hydrogens (primary N) is 1. The van der Waals surface area contributed by atoms with Crippen LogP contribution in [0.25, 0.3) is 0 Å². The van der Waals surface area contributed by atoms with Crippen molar-refractivity contribution in [3.63, 3.8) is 0 Å². The average molecular weight is 272 g/mol.